The van der Waals surface area contributed by atoms with Gasteiger partial charge in [0.15, 0.2) is 0 Å². The summed E-state index contributed by atoms with van der Waals surface area (Å²) in [6.45, 7) is 1.98. The normalized spacial score (nSPS) is 10.9. The van der Waals surface area contributed by atoms with Crippen LogP contribution in [0.25, 0.3) is 28.0 Å². The molecular weight excluding hydrogens is 345 g/mol. The molecule has 0 radical (unpaired) electrons. The van der Waals surface area contributed by atoms with Gasteiger partial charge in [-0.1, -0.05) is 24.3 Å². The van der Waals surface area contributed by atoms with Crippen LogP contribution in [0.4, 0.5) is 4.39 Å². The number of rotatable bonds is 3. The number of aromatic nitrogens is 3. The first kappa shape index (κ1) is 16.9. The summed E-state index contributed by atoms with van der Waals surface area (Å²) in [4.78, 5) is 20.6. The lowest BCUT2D eigenvalue weighted by molar-refractivity contribution is 0.0601. The van der Waals surface area contributed by atoms with Crippen molar-refractivity contribution in [3.63, 3.8) is 0 Å². The summed E-state index contributed by atoms with van der Waals surface area (Å²) in [6, 6.07) is 11.9. The summed E-state index contributed by atoms with van der Waals surface area (Å²) in [7, 11) is 1.35. The summed E-state index contributed by atoms with van der Waals surface area (Å²) in [5.74, 6) is -0.285. The molecule has 134 valence electrons. The van der Waals surface area contributed by atoms with Gasteiger partial charge in [-0.25, -0.2) is 19.2 Å². The van der Waals surface area contributed by atoms with Crippen molar-refractivity contribution in [2.75, 3.05) is 7.11 Å². The molecule has 2 aromatic carbocycles. The second-order valence-electron chi connectivity index (χ2n) is 6.16. The van der Waals surface area contributed by atoms with Crippen molar-refractivity contribution in [1.82, 2.24) is 14.5 Å². The van der Waals surface area contributed by atoms with Gasteiger partial charge in [0.25, 0.3) is 0 Å². The number of carbonyl (C=O) groups excluding carboxylic acids is 1. The molecule has 0 aliphatic carbocycles. The van der Waals surface area contributed by atoms with Crippen LogP contribution in [-0.2, 0) is 4.74 Å². The van der Waals surface area contributed by atoms with Gasteiger partial charge < -0.3 is 4.74 Å². The van der Waals surface area contributed by atoms with Gasteiger partial charge in [0.05, 0.1) is 18.2 Å². The third-order valence-corrected chi connectivity index (χ3v) is 4.46. The maximum Gasteiger partial charge on any atom is 0.337 e. The lowest BCUT2D eigenvalue weighted by Crippen LogP contribution is -2.03. The van der Waals surface area contributed by atoms with Crippen molar-refractivity contribution >= 4 is 16.9 Å². The van der Waals surface area contributed by atoms with Gasteiger partial charge in [-0.15, -0.1) is 0 Å². The minimum Gasteiger partial charge on any atom is -0.465 e. The first-order valence-electron chi connectivity index (χ1n) is 8.36. The minimum absolute atomic E-state index is 0.321. The Morgan fingerprint density at radius 2 is 1.85 bits per heavy atom. The fraction of sp³-hybridized carbons (Fsp3) is 0.0952. The molecule has 0 saturated carbocycles. The Bertz CT molecular complexity index is 1150. The molecule has 4 rings (SSSR count). The van der Waals surface area contributed by atoms with E-state index < -0.39 is 5.97 Å². The Morgan fingerprint density at radius 3 is 2.56 bits per heavy atom. The van der Waals surface area contributed by atoms with Gasteiger partial charge >= 0.3 is 5.97 Å². The third-order valence-electron chi connectivity index (χ3n) is 4.46. The molecule has 27 heavy (non-hydrogen) atoms. The summed E-state index contributed by atoms with van der Waals surface area (Å²) in [6.07, 6.45) is 5.09. The lowest BCUT2D eigenvalue weighted by atomic mass is 10.1. The molecule has 0 atom stereocenters. The van der Waals surface area contributed by atoms with Crippen LogP contribution in [-0.4, -0.2) is 27.6 Å². The zero-order valence-electron chi connectivity index (χ0n) is 14.8. The molecule has 5 nitrogen and oxygen atoms in total. The quantitative estimate of drug-likeness (QED) is 0.510. The summed E-state index contributed by atoms with van der Waals surface area (Å²) < 4.78 is 20.6. The van der Waals surface area contributed by atoms with E-state index in [4.69, 9.17) is 4.74 Å². The number of hydrogen-bond donors (Lipinski definition) is 0. The Labute approximate surface area is 155 Å². The number of esters is 1. The smallest absolute Gasteiger partial charge is 0.337 e. The average Bonchev–Trinajstić information content (AvgIpc) is 3.04. The highest BCUT2D eigenvalue weighted by Crippen LogP contribution is 2.26. The van der Waals surface area contributed by atoms with Crippen molar-refractivity contribution in [2.45, 2.75) is 6.92 Å². The third kappa shape index (κ3) is 2.95. The fourth-order valence-electron chi connectivity index (χ4n) is 3.09. The molecule has 0 spiro atoms. The fourth-order valence-corrected chi connectivity index (χ4v) is 3.09. The maximum absolute atomic E-state index is 14.0. The number of fused-ring (bicyclic) bond motifs is 1. The molecule has 2 aromatic heterocycles. The Balaban J connectivity index is 1.80. The first-order chi connectivity index (χ1) is 13.1. The standard InChI is InChI=1S/C21H16FN3O2/c1-13-12-25(19-9-14(20(26)27-2)7-8-16(13)19)21-23-10-15(11-24-21)17-5-3-4-6-18(17)22/h3-12H,1-2H3. The number of benzene rings is 2. The summed E-state index contributed by atoms with van der Waals surface area (Å²) >= 11 is 0. The van der Waals surface area contributed by atoms with E-state index in [0.717, 1.165) is 16.5 Å². The van der Waals surface area contributed by atoms with Crippen LogP contribution in [0.3, 0.4) is 0 Å². The average molecular weight is 361 g/mol. The molecule has 0 unspecified atom stereocenters. The number of carbonyl (C=O) groups is 1. The van der Waals surface area contributed by atoms with Crippen LogP contribution in [0.15, 0.2) is 61.1 Å². The molecular formula is C21H16FN3O2. The van der Waals surface area contributed by atoms with Crippen molar-refractivity contribution < 1.29 is 13.9 Å². The van der Waals surface area contributed by atoms with Gasteiger partial charge in [-0.3, -0.25) is 4.57 Å². The molecule has 0 aliphatic rings. The van der Waals surface area contributed by atoms with E-state index in [-0.39, 0.29) is 5.82 Å². The number of hydrogen-bond acceptors (Lipinski definition) is 4. The largest absolute Gasteiger partial charge is 0.465 e. The molecule has 6 heteroatoms. The zero-order chi connectivity index (χ0) is 19.0. The highest BCUT2D eigenvalue weighted by Gasteiger charge is 2.13. The van der Waals surface area contributed by atoms with Crippen LogP contribution in [0, 0.1) is 12.7 Å². The van der Waals surface area contributed by atoms with Gasteiger partial charge in [-0.2, -0.15) is 0 Å². The minimum atomic E-state index is -0.405. The van der Waals surface area contributed by atoms with Crippen LogP contribution in [0.1, 0.15) is 15.9 Å². The Hall–Kier alpha value is -3.54. The number of nitrogens with zero attached hydrogens (tertiary/aromatic N) is 3. The lowest BCUT2D eigenvalue weighted by Gasteiger charge is -2.07. The van der Waals surface area contributed by atoms with E-state index in [0.29, 0.717) is 22.6 Å². The van der Waals surface area contributed by atoms with Crippen LogP contribution < -0.4 is 0 Å². The van der Waals surface area contributed by atoms with E-state index in [1.807, 2.05) is 23.8 Å². The number of ether oxygens (including phenoxy) is 1. The van der Waals surface area contributed by atoms with Crippen LogP contribution >= 0.6 is 0 Å². The van der Waals surface area contributed by atoms with Crippen LogP contribution in [0.2, 0.25) is 0 Å². The van der Waals surface area contributed by atoms with Gasteiger partial charge in [0, 0.05) is 35.1 Å². The molecule has 0 saturated heterocycles. The van der Waals surface area contributed by atoms with E-state index in [2.05, 4.69) is 9.97 Å². The van der Waals surface area contributed by atoms with E-state index in [1.165, 1.54) is 13.2 Å². The first-order valence-corrected chi connectivity index (χ1v) is 8.36. The second-order valence-corrected chi connectivity index (χ2v) is 6.16. The SMILES string of the molecule is COC(=O)c1ccc2c(C)cn(-c3ncc(-c4ccccc4F)cn3)c2c1. The topological polar surface area (TPSA) is 57.0 Å². The van der Waals surface area contributed by atoms with Crippen molar-refractivity contribution in [3.8, 4) is 17.1 Å². The second kappa shape index (κ2) is 6.64. The van der Waals surface area contributed by atoms with E-state index in [1.54, 1.807) is 42.7 Å². The number of methoxy groups -OCH3 is 1. The predicted molar refractivity (Wildman–Crippen MR) is 100 cm³/mol. The molecule has 4 aromatic rings. The number of aryl methyl sites for hydroxylation is 1. The van der Waals surface area contributed by atoms with Gasteiger partial charge in [-0.05, 0) is 30.7 Å². The van der Waals surface area contributed by atoms with E-state index >= 15 is 0 Å². The molecule has 2 heterocycles. The molecule has 0 N–H and O–H groups in total. The van der Waals surface area contributed by atoms with E-state index in [9.17, 15) is 9.18 Å². The van der Waals surface area contributed by atoms with Crippen LogP contribution in [0.5, 0.6) is 0 Å². The van der Waals surface area contributed by atoms with Crippen molar-refractivity contribution in [2.24, 2.45) is 0 Å². The summed E-state index contributed by atoms with van der Waals surface area (Å²) in [5.41, 5.74) is 3.33. The zero-order valence-corrected chi connectivity index (χ0v) is 14.8. The van der Waals surface area contributed by atoms with Gasteiger partial charge in [0.1, 0.15) is 5.82 Å². The van der Waals surface area contributed by atoms with Crippen molar-refractivity contribution in [3.05, 3.63) is 78.0 Å². The Morgan fingerprint density at radius 1 is 1.11 bits per heavy atom. The molecule has 0 fully saturated rings. The van der Waals surface area contributed by atoms with Gasteiger partial charge in [0.2, 0.25) is 5.95 Å². The number of halogens is 1. The summed E-state index contributed by atoms with van der Waals surface area (Å²) in [5, 5.41) is 0.990. The highest BCUT2D eigenvalue weighted by molar-refractivity contribution is 5.96. The predicted octanol–water partition coefficient (Wildman–Crippen LogP) is 4.32. The highest BCUT2D eigenvalue weighted by atomic mass is 19.1. The van der Waals surface area contributed by atoms with Crippen molar-refractivity contribution in [1.29, 1.82) is 0 Å². The Kier molecular flexibility index (Phi) is 4.16. The maximum atomic E-state index is 14.0. The molecule has 0 aliphatic heterocycles. The molecule has 0 amide bonds. The monoisotopic (exact) mass is 361 g/mol. The molecule has 0 bridgehead atoms.